The van der Waals surface area contributed by atoms with Crippen molar-refractivity contribution in [3.8, 4) is 5.75 Å². The first kappa shape index (κ1) is 18.5. The van der Waals surface area contributed by atoms with Crippen molar-refractivity contribution in [3.05, 3.63) is 65.7 Å². The third-order valence-electron chi connectivity index (χ3n) is 4.17. The Labute approximate surface area is 145 Å². The molecule has 0 aromatic heterocycles. The van der Waals surface area contributed by atoms with Gasteiger partial charge in [-0.05, 0) is 29.0 Å². The summed E-state index contributed by atoms with van der Waals surface area (Å²) < 4.78 is 5.81. The maximum atomic E-state index is 10.1. The van der Waals surface area contributed by atoms with E-state index in [2.05, 4.69) is 56.4 Å². The molecule has 0 aliphatic carbocycles. The van der Waals surface area contributed by atoms with Crippen LogP contribution in [0.3, 0.4) is 0 Å². The summed E-state index contributed by atoms with van der Waals surface area (Å²) in [6, 6.07) is 18.4. The van der Waals surface area contributed by atoms with Crippen LogP contribution < -0.4 is 10.1 Å². The van der Waals surface area contributed by atoms with Crippen LogP contribution in [0.2, 0.25) is 0 Å². The first-order valence-electron chi connectivity index (χ1n) is 8.73. The Balaban J connectivity index is 1.73. The molecule has 0 bridgehead atoms. The van der Waals surface area contributed by atoms with E-state index in [-0.39, 0.29) is 0 Å². The molecular formula is C21H29NO2. The summed E-state index contributed by atoms with van der Waals surface area (Å²) in [6.07, 6.45) is -0.520. The number of rotatable bonds is 9. The third kappa shape index (κ3) is 5.66. The van der Waals surface area contributed by atoms with E-state index in [1.54, 1.807) is 0 Å². The summed E-state index contributed by atoms with van der Waals surface area (Å²) in [6.45, 7) is 8.14. The molecule has 0 saturated heterocycles. The van der Waals surface area contributed by atoms with Gasteiger partial charge in [-0.2, -0.15) is 0 Å². The van der Waals surface area contributed by atoms with Crippen molar-refractivity contribution in [2.45, 2.75) is 38.7 Å². The molecule has 3 heteroatoms. The Morgan fingerprint density at radius 3 is 2.29 bits per heavy atom. The van der Waals surface area contributed by atoms with Crippen LogP contribution in [-0.2, 0) is 0 Å². The summed E-state index contributed by atoms with van der Waals surface area (Å²) in [7, 11) is 0. The number of benzene rings is 2. The SMILES string of the molecule is CC(C)c1ccccc1OC[C@@H](O)CNC[C@@H](C)c1ccccc1. The molecule has 24 heavy (non-hydrogen) atoms. The Morgan fingerprint density at radius 1 is 0.917 bits per heavy atom. The fraction of sp³-hybridized carbons (Fsp3) is 0.429. The lowest BCUT2D eigenvalue weighted by molar-refractivity contribution is 0.105. The van der Waals surface area contributed by atoms with Crippen molar-refractivity contribution >= 4 is 0 Å². The molecule has 2 rings (SSSR count). The molecule has 0 aliphatic rings. The van der Waals surface area contributed by atoms with Crippen molar-refractivity contribution < 1.29 is 9.84 Å². The lowest BCUT2D eigenvalue weighted by atomic mass is 10.0. The number of nitrogens with one attached hydrogen (secondary N) is 1. The summed E-state index contributed by atoms with van der Waals surface area (Å²) in [5.74, 6) is 1.69. The van der Waals surface area contributed by atoms with Gasteiger partial charge in [0.1, 0.15) is 18.5 Å². The minimum atomic E-state index is -0.520. The van der Waals surface area contributed by atoms with Crippen LogP contribution in [0.5, 0.6) is 5.75 Å². The van der Waals surface area contributed by atoms with Crippen molar-refractivity contribution in [2.75, 3.05) is 19.7 Å². The number of ether oxygens (including phenoxy) is 1. The molecule has 0 amide bonds. The number of aliphatic hydroxyl groups is 1. The molecule has 0 aliphatic heterocycles. The predicted molar refractivity (Wildman–Crippen MR) is 99.8 cm³/mol. The molecular weight excluding hydrogens is 298 g/mol. The maximum Gasteiger partial charge on any atom is 0.122 e. The van der Waals surface area contributed by atoms with E-state index >= 15 is 0 Å². The zero-order valence-electron chi connectivity index (χ0n) is 14.9. The van der Waals surface area contributed by atoms with Gasteiger partial charge in [0, 0.05) is 13.1 Å². The van der Waals surface area contributed by atoms with Gasteiger partial charge in [0.15, 0.2) is 0 Å². The van der Waals surface area contributed by atoms with Crippen LogP contribution in [0.25, 0.3) is 0 Å². The molecule has 2 aromatic carbocycles. The molecule has 130 valence electrons. The van der Waals surface area contributed by atoms with Crippen LogP contribution in [0.4, 0.5) is 0 Å². The third-order valence-corrected chi connectivity index (χ3v) is 4.17. The minimum Gasteiger partial charge on any atom is -0.491 e. The van der Waals surface area contributed by atoms with Gasteiger partial charge in [-0.25, -0.2) is 0 Å². The average Bonchev–Trinajstić information content (AvgIpc) is 2.60. The van der Waals surface area contributed by atoms with Crippen molar-refractivity contribution in [1.29, 1.82) is 0 Å². The van der Waals surface area contributed by atoms with Gasteiger partial charge in [0.25, 0.3) is 0 Å². The normalized spacial score (nSPS) is 13.7. The highest BCUT2D eigenvalue weighted by atomic mass is 16.5. The maximum absolute atomic E-state index is 10.1. The minimum absolute atomic E-state index is 0.302. The van der Waals surface area contributed by atoms with E-state index < -0.39 is 6.10 Å². The van der Waals surface area contributed by atoms with Gasteiger partial charge < -0.3 is 15.2 Å². The van der Waals surface area contributed by atoms with E-state index in [4.69, 9.17) is 4.74 Å². The quantitative estimate of drug-likeness (QED) is 0.733. The molecule has 0 heterocycles. The fourth-order valence-corrected chi connectivity index (χ4v) is 2.70. The average molecular weight is 327 g/mol. The summed E-state index contributed by atoms with van der Waals surface area (Å²) in [4.78, 5) is 0. The second-order valence-corrected chi connectivity index (χ2v) is 6.63. The Kier molecular flexibility index (Phi) is 7.29. The fourth-order valence-electron chi connectivity index (χ4n) is 2.70. The van der Waals surface area contributed by atoms with Crippen molar-refractivity contribution in [1.82, 2.24) is 5.32 Å². The van der Waals surface area contributed by atoms with Crippen LogP contribution >= 0.6 is 0 Å². The van der Waals surface area contributed by atoms with E-state index in [1.807, 2.05) is 24.3 Å². The monoisotopic (exact) mass is 327 g/mol. The molecule has 0 saturated carbocycles. The number of para-hydroxylation sites is 1. The molecule has 2 atom stereocenters. The highest BCUT2D eigenvalue weighted by molar-refractivity contribution is 5.35. The number of hydrogen-bond donors (Lipinski definition) is 2. The van der Waals surface area contributed by atoms with Crippen LogP contribution in [0.15, 0.2) is 54.6 Å². The standard InChI is InChI=1S/C21H29NO2/c1-16(2)20-11-7-8-12-21(20)24-15-19(23)14-22-13-17(3)18-9-5-4-6-10-18/h4-12,16-17,19,22-23H,13-15H2,1-3H3/t17-,19+/m1/s1. The lowest BCUT2D eigenvalue weighted by Gasteiger charge is -2.18. The van der Waals surface area contributed by atoms with E-state index in [1.165, 1.54) is 11.1 Å². The first-order valence-corrected chi connectivity index (χ1v) is 8.73. The van der Waals surface area contributed by atoms with Crippen LogP contribution in [-0.4, -0.2) is 30.9 Å². The van der Waals surface area contributed by atoms with Gasteiger partial charge in [-0.1, -0.05) is 69.3 Å². The smallest absolute Gasteiger partial charge is 0.122 e. The highest BCUT2D eigenvalue weighted by Crippen LogP contribution is 2.25. The molecule has 0 radical (unpaired) electrons. The van der Waals surface area contributed by atoms with E-state index in [0.29, 0.717) is 25.0 Å². The second-order valence-electron chi connectivity index (χ2n) is 6.63. The van der Waals surface area contributed by atoms with Gasteiger partial charge in [-0.15, -0.1) is 0 Å². The molecule has 0 spiro atoms. The first-order chi connectivity index (χ1) is 11.6. The van der Waals surface area contributed by atoms with Crippen molar-refractivity contribution in [3.63, 3.8) is 0 Å². The van der Waals surface area contributed by atoms with Crippen LogP contribution in [0.1, 0.15) is 43.7 Å². The Bertz CT molecular complexity index is 598. The zero-order valence-corrected chi connectivity index (χ0v) is 14.9. The second kappa shape index (κ2) is 9.45. The summed E-state index contributed by atoms with van der Waals surface area (Å²) >= 11 is 0. The van der Waals surface area contributed by atoms with E-state index in [9.17, 15) is 5.11 Å². The Morgan fingerprint density at radius 2 is 1.58 bits per heavy atom. The van der Waals surface area contributed by atoms with Gasteiger partial charge in [0.2, 0.25) is 0 Å². The lowest BCUT2D eigenvalue weighted by Crippen LogP contribution is -2.33. The zero-order chi connectivity index (χ0) is 17.4. The number of hydrogen-bond acceptors (Lipinski definition) is 3. The predicted octanol–water partition coefficient (Wildman–Crippen LogP) is 3.94. The van der Waals surface area contributed by atoms with Crippen LogP contribution in [0, 0.1) is 0 Å². The van der Waals surface area contributed by atoms with Gasteiger partial charge in [0.05, 0.1) is 0 Å². The summed E-state index contributed by atoms with van der Waals surface area (Å²) in [5.41, 5.74) is 2.48. The highest BCUT2D eigenvalue weighted by Gasteiger charge is 2.11. The van der Waals surface area contributed by atoms with Gasteiger partial charge >= 0.3 is 0 Å². The largest absolute Gasteiger partial charge is 0.491 e. The molecule has 2 N–H and O–H groups in total. The number of aliphatic hydroxyl groups excluding tert-OH is 1. The van der Waals surface area contributed by atoms with Crippen molar-refractivity contribution in [2.24, 2.45) is 0 Å². The Hall–Kier alpha value is -1.84. The molecule has 3 nitrogen and oxygen atoms in total. The van der Waals surface area contributed by atoms with E-state index in [0.717, 1.165) is 12.3 Å². The molecule has 0 fully saturated rings. The topological polar surface area (TPSA) is 41.5 Å². The summed E-state index contributed by atoms with van der Waals surface area (Å²) in [5, 5.41) is 13.5. The van der Waals surface area contributed by atoms with Gasteiger partial charge in [-0.3, -0.25) is 0 Å². The molecule has 0 unspecified atom stereocenters. The molecule has 2 aromatic rings.